The number of rotatable bonds is 24. The number of carboxylic acid groups (broad SMARTS) is 1. The molecule has 4 aromatic heterocycles. The van der Waals surface area contributed by atoms with Crippen LogP contribution in [0.15, 0.2) is 153 Å². The molecule has 18 N–H and O–H groups in total. The highest BCUT2D eigenvalue weighted by Crippen LogP contribution is 2.41. The molecule has 11 rings (SSSR count). The van der Waals surface area contributed by atoms with Gasteiger partial charge in [0.1, 0.15) is 109 Å². The van der Waals surface area contributed by atoms with Gasteiger partial charge in [0, 0.05) is 62.0 Å². The summed E-state index contributed by atoms with van der Waals surface area (Å²) in [4.78, 5) is 121. The molecule has 0 bridgehead atoms. The molecule has 4 aliphatic rings. The third kappa shape index (κ3) is 29.6. The van der Waals surface area contributed by atoms with E-state index >= 15 is 0 Å². The van der Waals surface area contributed by atoms with E-state index in [2.05, 4.69) is 41.6 Å². The molecule has 41 heteroatoms. The number of quaternary nitrogens is 1. The Morgan fingerprint density at radius 1 is 0.561 bits per heavy atom. The lowest BCUT2D eigenvalue weighted by atomic mass is 9.77. The number of esters is 2. The number of halogens is 2. The number of hydrogen-bond donors (Lipinski definition) is 14. The quantitative estimate of drug-likeness (QED) is 0.0120. The van der Waals surface area contributed by atoms with Crippen LogP contribution in [-0.2, 0) is 57.8 Å². The monoisotopic (exact) mass is 1770 g/mol. The Bertz CT molecular complexity index is 4750. The predicted molar refractivity (Wildman–Crippen MR) is 435 cm³/mol. The topological polar surface area (TPSA) is 567 Å². The number of anilines is 3. The number of nitrogens with two attached hydrogens (primary N) is 2. The van der Waals surface area contributed by atoms with Crippen molar-refractivity contribution in [1.29, 1.82) is 0 Å². The van der Waals surface area contributed by atoms with Crippen LogP contribution in [0.3, 0.4) is 0 Å². The molecule has 8 heterocycles. The number of carboxylic acids is 1. The zero-order chi connectivity index (χ0) is 89.5. The molecule has 123 heavy (non-hydrogen) atoms. The van der Waals surface area contributed by atoms with E-state index in [1.807, 2.05) is 98.8 Å². The molecule has 0 spiro atoms. The molecular weight excluding hydrogens is 1650 g/mol. The van der Waals surface area contributed by atoms with Crippen molar-refractivity contribution in [2.45, 2.75) is 224 Å². The maximum atomic E-state index is 13.1. The Hall–Kier alpha value is -10.5. The summed E-state index contributed by atoms with van der Waals surface area (Å²) in [5.41, 5.74) is 13.9. The van der Waals surface area contributed by atoms with Crippen molar-refractivity contribution in [2.75, 3.05) is 50.3 Å². The Morgan fingerprint density at radius 2 is 0.984 bits per heavy atom. The van der Waals surface area contributed by atoms with Crippen LogP contribution in [0.1, 0.15) is 156 Å². The molecule has 2 amide bonds. The van der Waals surface area contributed by atoms with Crippen molar-refractivity contribution in [3.05, 3.63) is 198 Å². The summed E-state index contributed by atoms with van der Waals surface area (Å²) >= 11 is 0. The summed E-state index contributed by atoms with van der Waals surface area (Å²) in [6, 6.07) is 31.9. The van der Waals surface area contributed by atoms with Gasteiger partial charge in [0.25, 0.3) is 0 Å². The number of hydrogen-bond acceptors (Lipinski definition) is 30. The van der Waals surface area contributed by atoms with Gasteiger partial charge in [-0.3, -0.25) is 13.7 Å². The number of benzene rings is 3. The van der Waals surface area contributed by atoms with E-state index in [9.17, 15) is 68.7 Å². The Kier molecular flexibility index (Phi) is 39.2. The van der Waals surface area contributed by atoms with Crippen molar-refractivity contribution in [2.24, 2.45) is 17.8 Å². The number of aliphatic hydroxyl groups is 6. The normalized spacial score (nSPS) is 21.6. The molecule has 7 aromatic rings. The zero-order valence-corrected chi connectivity index (χ0v) is 72.5. The fraction of sp³-hybridized carbons (Fsp3) is 0.524. The molecule has 3 aromatic carbocycles. The zero-order valence-electron chi connectivity index (χ0n) is 71.0. The number of carbonyl (C=O) groups excluding carboxylic acids is 4. The molecule has 678 valence electrons. The average Bonchev–Trinajstić information content (AvgIpc) is 0.958. The lowest BCUT2D eigenvalue weighted by molar-refractivity contribution is -0.773. The van der Waals surface area contributed by atoms with E-state index < -0.39 is 161 Å². The van der Waals surface area contributed by atoms with Gasteiger partial charge in [0.05, 0.1) is 44.7 Å². The summed E-state index contributed by atoms with van der Waals surface area (Å²) < 4.78 is 53.4. The highest BCUT2D eigenvalue weighted by atomic mass is 35.5. The summed E-state index contributed by atoms with van der Waals surface area (Å²) in [5, 5.41) is 75.4. The summed E-state index contributed by atoms with van der Waals surface area (Å²) in [5.74, 6) is -1.03. The van der Waals surface area contributed by atoms with E-state index in [0.29, 0.717) is 11.5 Å². The van der Waals surface area contributed by atoms with E-state index in [1.54, 1.807) is 108 Å². The minimum absolute atomic E-state index is 0. The number of nitrogen functional groups attached to an aromatic ring is 2. The average molecular weight is 1770 g/mol. The first-order valence-electron chi connectivity index (χ1n) is 39.3. The van der Waals surface area contributed by atoms with Crippen LogP contribution in [0.5, 0.6) is 5.75 Å². The van der Waals surface area contributed by atoms with Crippen molar-refractivity contribution in [3.63, 3.8) is 0 Å². The van der Waals surface area contributed by atoms with Crippen molar-refractivity contribution < 1.29 is 137 Å². The van der Waals surface area contributed by atoms with Crippen LogP contribution in [0.4, 0.5) is 27.0 Å². The van der Waals surface area contributed by atoms with Gasteiger partial charge in [-0.1, -0.05) is 114 Å². The van der Waals surface area contributed by atoms with Gasteiger partial charge < -0.3 is 136 Å². The predicted octanol–water partition coefficient (Wildman–Crippen LogP) is -3.61. The van der Waals surface area contributed by atoms with Gasteiger partial charge in [0.15, 0.2) is 11.9 Å². The smallest absolute Gasteiger partial charge is 0.499 e. The van der Waals surface area contributed by atoms with Crippen molar-refractivity contribution in [1.82, 2.24) is 44.3 Å². The van der Waals surface area contributed by atoms with Crippen LogP contribution < -0.4 is 90.0 Å². The number of nitrogens with one attached hydrogen (secondary N) is 4. The van der Waals surface area contributed by atoms with Crippen LogP contribution >= 0.6 is 0 Å². The van der Waals surface area contributed by atoms with Gasteiger partial charge in [-0.15, -0.1) is 0 Å². The maximum Gasteiger partial charge on any atom is 0.499 e. The van der Waals surface area contributed by atoms with E-state index in [1.165, 1.54) is 42.8 Å². The SMILES string of the molecule is CC(C)C(NC(=O)OC(C)(C)C)C(=O)O.CC(C)C([NH3+])C(=O)OC[C@@H]1O[C@H]([n+]2ccc(N)[nH]c2=O)CC1O.COc1ccc(C(Nc2ccn([C@@H]3CC(O)[C@H](CO)O3)c(=O)n2)(c2ccccc2)c2ccccc2)cc1.Cc1ccn([C@@H]2CC(O)[C@H](COC(=O)C(NC(=O)OC(C)(C)C)C(C)C)O2)c(=O)n1.Nc1ccn([C@@H]2CC(O)[C@H](CO)O2)c(=O)n1.[Cl-].[Cl-]. The number of aromatic nitrogens is 8. The van der Waals surface area contributed by atoms with Gasteiger partial charge in [-0.05, 0) is 107 Å². The fourth-order valence-corrected chi connectivity index (χ4v) is 12.7. The Balaban J connectivity index is 0.000000283. The summed E-state index contributed by atoms with van der Waals surface area (Å²) in [7, 11) is 1.63. The summed E-state index contributed by atoms with van der Waals surface area (Å²) in [6.07, 6.45) is -3.40. The number of aryl methyl sites for hydroxylation is 1. The van der Waals surface area contributed by atoms with Crippen molar-refractivity contribution >= 4 is 47.5 Å². The fourth-order valence-electron chi connectivity index (χ4n) is 12.7. The van der Waals surface area contributed by atoms with Gasteiger partial charge >= 0.3 is 52.9 Å². The second-order valence-corrected chi connectivity index (χ2v) is 32.0. The highest BCUT2D eigenvalue weighted by molar-refractivity contribution is 5.82. The van der Waals surface area contributed by atoms with Crippen molar-refractivity contribution in [3.8, 4) is 5.75 Å². The molecule has 0 aliphatic carbocycles. The van der Waals surface area contributed by atoms with Crippen LogP contribution in [0.25, 0.3) is 0 Å². The first kappa shape index (κ1) is 103. The molecule has 39 nitrogen and oxygen atoms in total. The van der Waals surface area contributed by atoms with E-state index in [4.69, 9.17) is 64.3 Å². The number of H-pyrrole nitrogens is 1. The minimum Gasteiger partial charge on any atom is -1.00 e. The number of alkyl carbamates (subject to hydrolysis) is 2. The molecule has 0 saturated carbocycles. The second kappa shape index (κ2) is 46.8. The summed E-state index contributed by atoms with van der Waals surface area (Å²) in [6.45, 7) is 21.8. The first-order valence-corrected chi connectivity index (χ1v) is 39.3. The molecule has 7 unspecified atom stereocenters. The number of aliphatic carboxylic acids is 1. The van der Waals surface area contributed by atoms with Gasteiger partial charge in [-0.2, -0.15) is 29.3 Å². The molecule has 0 radical (unpaired) electrons. The lowest BCUT2D eigenvalue weighted by Crippen LogP contribution is -3.00. The molecule has 15 atom stereocenters. The van der Waals surface area contributed by atoms with Gasteiger partial charge in [0.2, 0.25) is 6.23 Å². The number of aliphatic hydroxyl groups excluding tert-OH is 6. The van der Waals surface area contributed by atoms with Crippen LogP contribution in [0, 0.1) is 24.7 Å². The Morgan fingerprint density at radius 3 is 1.41 bits per heavy atom. The second-order valence-electron chi connectivity index (χ2n) is 32.0. The number of carbonyl (C=O) groups is 5. The number of methoxy groups -OCH3 is 1. The number of aromatic amines is 1. The van der Waals surface area contributed by atoms with E-state index in [0.717, 1.165) is 22.4 Å². The lowest BCUT2D eigenvalue weighted by Gasteiger charge is -2.37. The third-order valence-corrected chi connectivity index (χ3v) is 19.3. The maximum absolute atomic E-state index is 13.1. The van der Waals surface area contributed by atoms with E-state index in [-0.39, 0.29) is 106 Å². The number of amides is 2. The largest absolute Gasteiger partial charge is 1.00 e. The molecular formula is C82H116Cl2N14O25. The first-order chi connectivity index (χ1) is 56.9. The van der Waals surface area contributed by atoms with Gasteiger partial charge in [-0.25, -0.2) is 38.4 Å². The third-order valence-electron chi connectivity index (χ3n) is 19.3. The minimum atomic E-state index is -1.06. The Labute approximate surface area is 722 Å². The van der Waals surface area contributed by atoms with Crippen LogP contribution in [0.2, 0.25) is 0 Å². The molecule has 4 fully saturated rings. The number of ether oxygens (including phenoxy) is 9. The molecule has 4 saturated heterocycles. The highest BCUT2D eigenvalue weighted by Gasteiger charge is 2.43. The van der Waals surface area contributed by atoms with Crippen LogP contribution in [-0.4, -0.2) is 211 Å². The standard InChI is InChI=1S/C29H29N3O5.C20H31N3O7.C14H22N4O5.C10H19NO4.C9H13N3O4.2ClH/c1-36-23-14-12-22(13-15-23)29(20-8-4-2-5-9-20,21-10-6-3-7-11-21)31-26-16-17-32(28(35)30-26)27-18-24(34)25(19-33)37-27;1-11(2)16(22-19(27)30-20(4,5)6)17(25)28-10-14-13(24)9-15(29-14)23-8-7-12(3)21-18(23)26;1-7(2)12(16)13(20)22-6-9-8(19)5-11(23-9)18-4-3-10(15)17-14(18)21;1-6(2)7(8(12)13)11-9(14)15-10(3,4)5;10-7-1-2-12(9(15)11-7)8-3-5(14)6(4-13)16-8;;/h2-17,24-25,27,33-34H,18-19H2,1H3,(H,30,31,35);7-8,11,13-16,24H,9-10H2,1-6H3,(H,22,27);3-4,7-9,11-12,19H,5-6,16H2,1-2H3,(H2,15,17,21);6-7H,1-5H3,(H,11,14)(H,12,13);1-2,5-6,8,13-14H,3-4H2,(H2,10,11,15);2*1H/t24?,25-,27-;13?,14-,15-,16?;8?,9-,11-,12?;;5?,6-,8-;;/m000.0../s1. The number of nitrogens with zero attached hydrogens (tertiary/aromatic N) is 7. The molecule has 4 aliphatic heterocycles.